The quantitative estimate of drug-likeness (QED) is 0.491. The Bertz CT molecular complexity index is 617. The van der Waals surface area contributed by atoms with Gasteiger partial charge < -0.3 is 0 Å². The zero-order valence-corrected chi connectivity index (χ0v) is 16.5. The summed E-state index contributed by atoms with van der Waals surface area (Å²) in [5.41, 5.74) is 1.60. The molecule has 4 bridgehead atoms. The Labute approximate surface area is 147 Å². The number of hydrogen-bond donors (Lipinski definition) is 0. The van der Waals surface area contributed by atoms with Gasteiger partial charge in [0.15, 0.2) is 5.78 Å². The minimum absolute atomic E-state index is 0.0913. The van der Waals surface area contributed by atoms with Crippen LogP contribution in [0, 0.1) is 22.2 Å². The van der Waals surface area contributed by atoms with E-state index in [1.807, 2.05) is 6.07 Å². The van der Waals surface area contributed by atoms with Gasteiger partial charge in [-0.25, -0.2) is 0 Å². The summed E-state index contributed by atoms with van der Waals surface area (Å²) in [6.45, 7) is 4.85. The molecule has 2 unspecified atom stereocenters. The summed E-state index contributed by atoms with van der Waals surface area (Å²) in [4.78, 5) is 13.4. The van der Waals surface area contributed by atoms with Crippen molar-refractivity contribution in [3.8, 4) is 0 Å². The molecule has 21 heavy (non-hydrogen) atoms. The summed E-state index contributed by atoms with van der Waals surface area (Å²) >= 11 is 8.72. The molecule has 0 aromatic carbocycles. The van der Waals surface area contributed by atoms with Gasteiger partial charge in [0.2, 0.25) is 0 Å². The van der Waals surface area contributed by atoms with E-state index in [9.17, 15) is 4.79 Å². The van der Waals surface area contributed by atoms with E-state index in [1.165, 1.54) is 19.3 Å². The smallest absolute Gasteiger partial charge is 0.171 e. The summed E-state index contributed by atoms with van der Waals surface area (Å²) in [7, 11) is 0. The predicted octanol–water partition coefficient (Wildman–Crippen LogP) is 6.45. The van der Waals surface area contributed by atoms with Gasteiger partial charge in [-0.2, -0.15) is 0 Å². The number of carbonyl (C=O) groups is 1. The zero-order chi connectivity index (χ0) is 15.0. The van der Waals surface area contributed by atoms with Gasteiger partial charge in [-0.1, -0.05) is 13.8 Å². The molecule has 2 atom stereocenters. The molecule has 0 spiro atoms. The van der Waals surface area contributed by atoms with Gasteiger partial charge in [-0.05, 0) is 93.2 Å². The van der Waals surface area contributed by atoms with Crippen LogP contribution < -0.4 is 0 Å². The van der Waals surface area contributed by atoms with Gasteiger partial charge in [0.1, 0.15) is 0 Å². The molecule has 114 valence electrons. The first-order valence-corrected chi connectivity index (χ1v) is 10.1. The highest BCUT2D eigenvalue weighted by atomic mass is 79.9. The maximum absolute atomic E-state index is 13.4. The van der Waals surface area contributed by atoms with Gasteiger partial charge in [0, 0.05) is 11.0 Å². The topological polar surface area (TPSA) is 17.1 Å². The number of ketones is 1. The minimum atomic E-state index is -0.0913. The van der Waals surface area contributed by atoms with E-state index in [0.29, 0.717) is 16.6 Å². The maximum Gasteiger partial charge on any atom is 0.171 e. The molecule has 0 amide bonds. The molecule has 0 saturated heterocycles. The number of thiophene rings is 1. The number of hydrogen-bond acceptors (Lipinski definition) is 2. The maximum atomic E-state index is 13.4. The van der Waals surface area contributed by atoms with Crippen molar-refractivity contribution in [3.63, 3.8) is 0 Å². The predicted molar refractivity (Wildman–Crippen MR) is 93.9 cm³/mol. The first-order valence-electron chi connectivity index (χ1n) is 7.72. The van der Waals surface area contributed by atoms with E-state index in [4.69, 9.17) is 0 Å². The largest absolute Gasteiger partial charge is 0.293 e. The Morgan fingerprint density at radius 3 is 2.24 bits per heavy atom. The normalized spacial score (nSPS) is 44.3. The molecule has 1 heterocycles. The Morgan fingerprint density at radius 1 is 1.14 bits per heavy atom. The van der Waals surface area contributed by atoms with Crippen molar-refractivity contribution < 1.29 is 4.79 Å². The van der Waals surface area contributed by atoms with Crippen LogP contribution in [0.15, 0.2) is 13.6 Å². The van der Waals surface area contributed by atoms with Gasteiger partial charge in [0.05, 0.1) is 7.57 Å². The summed E-state index contributed by atoms with van der Waals surface area (Å²) < 4.78 is 2.03. The van der Waals surface area contributed by atoms with Crippen molar-refractivity contribution in [2.45, 2.75) is 52.4 Å². The molecule has 0 radical (unpaired) electrons. The standard InChI is InChI=1S/C17H20Br2OS/c1-15-4-10-5-16(2,7-15)9-17(6-10,8-15)13(20)11-3-12(18)21-14(11)19/h3,10H,4-9H2,1-2H3. The SMILES string of the molecule is CC12CC3CC(C)(C1)CC(C(=O)c1cc(Br)sc1Br)(C3)C2. The van der Waals surface area contributed by atoms with Crippen LogP contribution in [0.1, 0.15) is 62.7 Å². The van der Waals surface area contributed by atoms with Crippen LogP contribution in [0.4, 0.5) is 0 Å². The fourth-order valence-corrected chi connectivity index (χ4v) is 9.28. The van der Waals surface area contributed by atoms with E-state index >= 15 is 0 Å². The molecular formula is C17H20Br2OS. The van der Waals surface area contributed by atoms with Crippen molar-refractivity contribution in [1.29, 1.82) is 0 Å². The second kappa shape index (κ2) is 4.45. The molecule has 4 saturated carbocycles. The second-order valence-electron chi connectivity index (χ2n) is 8.48. The van der Waals surface area contributed by atoms with Crippen LogP contribution in [-0.4, -0.2) is 5.78 Å². The van der Waals surface area contributed by atoms with Crippen LogP contribution in [0.2, 0.25) is 0 Å². The number of rotatable bonds is 2. The average Bonchev–Trinajstić information content (AvgIpc) is 2.62. The zero-order valence-electron chi connectivity index (χ0n) is 12.5. The van der Waals surface area contributed by atoms with Crippen molar-refractivity contribution in [3.05, 3.63) is 19.2 Å². The summed E-state index contributed by atoms with van der Waals surface area (Å²) in [5, 5.41) is 0. The Morgan fingerprint density at radius 2 is 1.76 bits per heavy atom. The third kappa shape index (κ3) is 2.23. The summed E-state index contributed by atoms with van der Waals surface area (Å²) in [6, 6.07) is 2.01. The fourth-order valence-electron chi connectivity index (χ4n) is 6.48. The van der Waals surface area contributed by atoms with Crippen LogP contribution in [0.25, 0.3) is 0 Å². The van der Waals surface area contributed by atoms with E-state index in [2.05, 4.69) is 45.7 Å². The van der Waals surface area contributed by atoms with E-state index in [-0.39, 0.29) is 5.41 Å². The lowest BCUT2D eigenvalue weighted by molar-refractivity contribution is -0.125. The van der Waals surface area contributed by atoms with E-state index < -0.39 is 0 Å². The molecule has 0 N–H and O–H groups in total. The molecular weight excluding hydrogens is 412 g/mol. The third-order valence-corrected chi connectivity index (χ3v) is 8.35. The first kappa shape index (κ1) is 14.9. The summed E-state index contributed by atoms with van der Waals surface area (Å²) in [6.07, 6.45) is 7.32. The Hall–Kier alpha value is 0.330. The van der Waals surface area contributed by atoms with Crippen molar-refractivity contribution >= 4 is 49.0 Å². The van der Waals surface area contributed by atoms with Crippen molar-refractivity contribution in [1.82, 2.24) is 0 Å². The van der Waals surface area contributed by atoms with Crippen molar-refractivity contribution in [2.75, 3.05) is 0 Å². The third-order valence-electron chi connectivity index (χ3n) is 6.01. The molecule has 4 fully saturated rings. The second-order valence-corrected chi connectivity index (χ2v) is 12.2. The number of halogens is 2. The molecule has 5 rings (SSSR count). The van der Waals surface area contributed by atoms with Crippen LogP contribution >= 0.6 is 43.2 Å². The van der Waals surface area contributed by atoms with Gasteiger partial charge >= 0.3 is 0 Å². The molecule has 4 aliphatic rings. The first-order chi connectivity index (χ1) is 9.73. The molecule has 1 nitrogen and oxygen atoms in total. The van der Waals surface area contributed by atoms with Crippen LogP contribution in [-0.2, 0) is 0 Å². The average molecular weight is 432 g/mol. The van der Waals surface area contributed by atoms with Crippen molar-refractivity contribution in [2.24, 2.45) is 22.2 Å². The van der Waals surface area contributed by atoms with Crippen LogP contribution in [0.3, 0.4) is 0 Å². The van der Waals surface area contributed by atoms with Gasteiger partial charge in [0.25, 0.3) is 0 Å². The molecule has 1 aromatic heterocycles. The fraction of sp³-hybridized carbons (Fsp3) is 0.706. The van der Waals surface area contributed by atoms with Gasteiger partial charge in [-0.15, -0.1) is 11.3 Å². The van der Waals surface area contributed by atoms with E-state index in [1.54, 1.807) is 11.3 Å². The Kier molecular flexibility index (Phi) is 3.15. The molecule has 1 aromatic rings. The molecule has 0 aliphatic heterocycles. The highest BCUT2D eigenvalue weighted by molar-refractivity contribution is 9.12. The molecule has 4 heteroatoms. The summed E-state index contributed by atoms with van der Waals surface area (Å²) in [5.74, 6) is 1.17. The lowest BCUT2D eigenvalue weighted by Crippen LogP contribution is -2.57. The number of Topliss-reactive ketones (excluding diaryl/α,β-unsaturated/α-hetero) is 1. The minimum Gasteiger partial charge on any atom is -0.293 e. The molecule has 4 aliphatic carbocycles. The van der Waals surface area contributed by atoms with Gasteiger partial charge in [-0.3, -0.25) is 4.79 Å². The highest BCUT2D eigenvalue weighted by Gasteiger charge is 2.62. The monoisotopic (exact) mass is 430 g/mol. The number of carbonyl (C=O) groups excluding carboxylic acids is 1. The van der Waals surface area contributed by atoms with E-state index in [0.717, 1.165) is 38.3 Å². The lowest BCUT2D eigenvalue weighted by Gasteiger charge is -2.64. The highest BCUT2D eigenvalue weighted by Crippen LogP contribution is 2.70. The Balaban J connectivity index is 1.77. The lowest BCUT2D eigenvalue weighted by atomic mass is 9.39. The van der Waals surface area contributed by atoms with Crippen LogP contribution in [0.5, 0.6) is 0 Å².